The zero-order valence-electron chi connectivity index (χ0n) is 12.3. The quantitative estimate of drug-likeness (QED) is 0.883. The summed E-state index contributed by atoms with van der Waals surface area (Å²) in [5.41, 5.74) is 1.39. The Bertz CT molecular complexity index is 739. The summed E-state index contributed by atoms with van der Waals surface area (Å²) in [6.07, 6.45) is 0. The molecule has 0 saturated carbocycles. The second kappa shape index (κ2) is 7.87. The van der Waals surface area contributed by atoms with E-state index in [9.17, 15) is 4.79 Å². The summed E-state index contributed by atoms with van der Waals surface area (Å²) in [7, 11) is 0. The lowest BCUT2D eigenvalue weighted by molar-refractivity contribution is -0.123. The number of amides is 1. The molecule has 1 unspecified atom stereocenters. The maximum absolute atomic E-state index is 11.9. The second-order valence-corrected chi connectivity index (χ2v) is 5.70. The molecule has 2 aromatic rings. The van der Waals surface area contributed by atoms with E-state index in [1.165, 1.54) is 0 Å². The maximum Gasteiger partial charge on any atom is 0.258 e. The molecule has 0 aliphatic carbocycles. The summed E-state index contributed by atoms with van der Waals surface area (Å²) in [5, 5.41) is 12.4. The summed E-state index contributed by atoms with van der Waals surface area (Å²) < 4.78 is 5.38. The van der Waals surface area contributed by atoms with Gasteiger partial charge in [-0.1, -0.05) is 29.3 Å². The Balaban J connectivity index is 1.88. The number of carbonyl (C=O) groups is 1. The molecule has 23 heavy (non-hydrogen) atoms. The summed E-state index contributed by atoms with van der Waals surface area (Å²) in [4.78, 5) is 11.9. The Morgan fingerprint density at radius 3 is 2.52 bits per heavy atom. The first kappa shape index (κ1) is 17.1. The van der Waals surface area contributed by atoms with Gasteiger partial charge in [-0.2, -0.15) is 5.26 Å². The van der Waals surface area contributed by atoms with Crippen LogP contribution in [0.15, 0.2) is 42.5 Å². The number of hydrogen-bond acceptors (Lipinski definition) is 3. The third-order valence-corrected chi connectivity index (χ3v) is 3.91. The van der Waals surface area contributed by atoms with Gasteiger partial charge in [0.25, 0.3) is 5.91 Å². The third kappa shape index (κ3) is 4.88. The molecule has 2 aromatic carbocycles. The number of benzene rings is 2. The van der Waals surface area contributed by atoms with E-state index in [0.29, 0.717) is 21.4 Å². The molecule has 0 bridgehead atoms. The van der Waals surface area contributed by atoms with Gasteiger partial charge in [0, 0.05) is 0 Å². The van der Waals surface area contributed by atoms with Crippen molar-refractivity contribution in [3.8, 4) is 11.8 Å². The number of ether oxygens (including phenoxy) is 1. The molecule has 0 aliphatic rings. The van der Waals surface area contributed by atoms with Crippen LogP contribution < -0.4 is 10.1 Å². The normalized spacial score (nSPS) is 11.4. The molecular formula is C17H14Cl2N2O2. The minimum Gasteiger partial charge on any atom is -0.484 e. The number of halogens is 2. The van der Waals surface area contributed by atoms with Crippen molar-refractivity contribution in [2.45, 2.75) is 13.0 Å². The number of nitrogens with one attached hydrogen (secondary N) is 1. The average Bonchev–Trinajstić information content (AvgIpc) is 2.55. The molecular weight excluding hydrogens is 335 g/mol. The highest BCUT2D eigenvalue weighted by atomic mass is 35.5. The van der Waals surface area contributed by atoms with Gasteiger partial charge in [0.05, 0.1) is 27.7 Å². The van der Waals surface area contributed by atoms with E-state index in [-0.39, 0.29) is 18.6 Å². The SMILES string of the molecule is CC(NC(=O)COc1ccc(C#N)cc1)c1ccc(Cl)c(Cl)c1. The van der Waals surface area contributed by atoms with Crippen LogP contribution in [0.2, 0.25) is 10.0 Å². The van der Waals surface area contributed by atoms with E-state index in [1.54, 1.807) is 42.5 Å². The van der Waals surface area contributed by atoms with Gasteiger partial charge in [-0.25, -0.2) is 0 Å². The summed E-state index contributed by atoms with van der Waals surface area (Å²) in [5.74, 6) is 0.272. The van der Waals surface area contributed by atoms with Crippen molar-refractivity contribution in [3.05, 3.63) is 63.6 Å². The number of nitrogens with zero attached hydrogens (tertiary/aromatic N) is 1. The smallest absolute Gasteiger partial charge is 0.258 e. The Labute approximate surface area is 144 Å². The second-order valence-electron chi connectivity index (χ2n) is 4.89. The maximum atomic E-state index is 11.9. The molecule has 6 heteroatoms. The highest BCUT2D eigenvalue weighted by molar-refractivity contribution is 6.42. The topological polar surface area (TPSA) is 62.1 Å². The molecule has 1 amide bonds. The third-order valence-electron chi connectivity index (χ3n) is 3.17. The summed E-state index contributed by atoms with van der Waals surface area (Å²) >= 11 is 11.8. The van der Waals surface area contributed by atoms with Gasteiger partial charge in [-0.3, -0.25) is 4.79 Å². The van der Waals surface area contributed by atoms with Crippen LogP contribution in [0.3, 0.4) is 0 Å². The first-order valence-electron chi connectivity index (χ1n) is 6.87. The van der Waals surface area contributed by atoms with Gasteiger partial charge in [0.1, 0.15) is 5.75 Å². The zero-order valence-corrected chi connectivity index (χ0v) is 13.9. The Morgan fingerprint density at radius 1 is 1.22 bits per heavy atom. The first-order chi connectivity index (χ1) is 11.0. The summed E-state index contributed by atoms with van der Waals surface area (Å²) in [6.45, 7) is 1.73. The first-order valence-corrected chi connectivity index (χ1v) is 7.62. The van der Waals surface area contributed by atoms with Crippen molar-refractivity contribution in [1.82, 2.24) is 5.32 Å². The Hall–Kier alpha value is -2.22. The monoisotopic (exact) mass is 348 g/mol. The molecule has 0 heterocycles. The highest BCUT2D eigenvalue weighted by Gasteiger charge is 2.11. The van der Waals surface area contributed by atoms with Gasteiger partial charge in [0.15, 0.2) is 6.61 Å². The molecule has 0 saturated heterocycles. The fraction of sp³-hybridized carbons (Fsp3) is 0.176. The van der Waals surface area contributed by atoms with Crippen molar-refractivity contribution in [1.29, 1.82) is 5.26 Å². The molecule has 0 fully saturated rings. The van der Waals surface area contributed by atoms with Crippen LogP contribution in [0.25, 0.3) is 0 Å². The minimum atomic E-state index is -0.257. The minimum absolute atomic E-state index is 0.114. The van der Waals surface area contributed by atoms with Crippen LogP contribution in [0.5, 0.6) is 5.75 Å². The van der Waals surface area contributed by atoms with Crippen molar-refractivity contribution >= 4 is 29.1 Å². The van der Waals surface area contributed by atoms with Gasteiger partial charge in [0.2, 0.25) is 0 Å². The number of carbonyl (C=O) groups excluding carboxylic acids is 1. The van der Waals surface area contributed by atoms with E-state index >= 15 is 0 Å². The molecule has 0 spiro atoms. The zero-order chi connectivity index (χ0) is 16.8. The van der Waals surface area contributed by atoms with Gasteiger partial charge >= 0.3 is 0 Å². The van der Waals surface area contributed by atoms with E-state index in [1.807, 2.05) is 13.0 Å². The predicted octanol–water partition coefficient (Wildman–Crippen LogP) is 4.12. The molecule has 118 valence electrons. The highest BCUT2D eigenvalue weighted by Crippen LogP contribution is 2.25. The van der Waals surface area contributed by atoms with Gasteiger partial charge in [-0.05, 0) is 48.9 Å². The summed E-state index contributed by atoms with van der Waals surface area (Å²) in [6, 6.07) is 13.6. The lowest BCUT2D eigenvalue weighted by Gasteiger charge is -2.15. The van der Waals surface area contributed by atoms with Crippen molar-refractivity contribution in [2.24, 2.45) is 0 Å². The van der Waals surface area contributed by atoms with Crippen LogP contribution in [0.4, 0.5) is 0 Å². The Morgan fingerprint density at radius 2 is 1.91 bits per heavy atom. The van der Waals surface area contributed by atoms with Crippen molar-refractivity contribution < 1.29 is 9.53 Å². The fourth-order valence-electron chi connectivity index (χ4n) is 1.92. The van der Waals surface area contributed by atoms with E-state index in [0.717, 1.165) is 5.56 Å². The lowest BCUT2D eigenvalue weighted by Crippen LogP contribution is -2.31. The lowest BCUT2D eigenvalue weighted by atomic mass is 10.1. The number of hydrogen-bond donors (Lipinski definition) is 1. The van der Waals surface area contributed by atoms with Crippen LogP contribution in [0.1, 0.15) is 24.1 Å². The molecule has 2 rings (SSSR count). The Kier molecular flexibility index (Phi) is 5.86. The van der Waals surface area contributed by atoms with Crippen molar-refractivity contribution in [2.75, 3.05) is 6.61 Å². The average molecular weight is 349 g/mol. The molecule has 0 radical (unpaired) electrons. The van der Waals surface area contributed by atoms with Crippen LogP contribution in [0, 0.1) is 11.3 Å². The standard InChI is InChI=1S/C17H14Cl2N2O2/c1-11(13-4-7-15(18)16(19)8-13)21-17(22)10-23-14-5-2-12(9-20)3-6-14/h2-8,11H,10H2,1H3,(H,21,22). The van der Waals surface area contributed by atoms with Crippen LogP contribution in [-0.2, 0) is 4.79 Å². The van der Waals surface area contributed by atoms with Gasteiger partial charge in [-0.15, -0.1) is 0 Å². The van der Waals surface area contributed by atoms with E-state index in [2.05, 4.69) is 5.32 Å². The van der Waals surface area contributed by atoms with Crippen LogP contribution in [-0.4, -0.2) is 12.5 Å². The van der Waals surface area contributed by atoms with Crippen molar-refractivity contribution in [3.63, 3.8) is 0 Å². The van der Waals surface area contributed by atoms with Crippen LogP contribution >= 0.6 is 23.2 Å². The van der Waals surface area contributed by atoms with Gasteiger partial charge < -0.3 is 10.1 Å². The van der Waals surface area contributed by atoms with E-state index in [4.69, 9.17) is 33.2 Å². The molecule has 4 nitrogen and oxygen atoms in total. The largest absolute Gasteiger partial charge is 0.484 e. The molecule has 1 atom stereocenters. The molecule has 1 N–H and O–H groups in total. The number of rotatable bonds is 5. The number of nitriles is 1. The van der Waals surface area contributed by atoms with E-state index < -0.39 is 0 Å². The predicted molar refractivity (Wildman–Crippen MR) is 89.7 cm³/mol. The fourth-order valence-corrected chi connectivity index (χ4v) is 2.23. The molecule has 0 aliphatic heterocycles. The molecule has 0 aromatic heterocycles.